The number of hydrogen-bond acceptors (Lipinski definition) is 2. The van der Waals surface area contributed by atoms with Crippen molar-refractivity contribution in [2.45, 2.75) is 52.2 Å². The van der Waals surface area contributed by atoms with Gasteiger partial charge in [-0.2, -0.15) is 24.4 Å². The summed E-state index contributed by atoms with van der Waals surface area (Å²) in [6, 6.07) is 8.83. The van der Waals surface area contributed by atoms with Crippen LogP contribution >= 0.6 is 24.4 Å². The van der Waals surface area contributed by atoms with Crippen molar-refractivity contribution in [1.82, 2.24) is 0 Å². The van der Waals surface area contributed by atoms with Crippen molar-refractivity contribution in [3.05, 3.63) is 35.4 Å². The fourth-order valence-electron chi connectivity index (χ4n) is 2.31. The fraction of sp³-hybridized carbons (Fsp3) is 0.647. The lowest BCUT2D eigenvalue weighted by atomic mass is 9.85. The van der Waals surface area contributed by atoms with Gasteiger partial charge in [0.15, 0.2) is 0 Å². The molecule has 0 unspecified atom stereocenters. The zero-order valence-electron chi connectivity index (χ0n) is 12.6. The van der Waals surface area contributed by atoms with Crippen LogP contribution in [-0.2, 0) is 12.2 Å². The van der Waals surface area contributed by atoms with Crippen LogP contribution < -0.4 is 0 Å². The number of benzene rings is 1. The lowest BCUT2D eigenvalue weighted by Gasteiger charge is -2.23. The Hall–Kier alpha value is -0.0800. The van der Waals surface area contributed by atoms with Gasteiger partial charge in [-0.15, -0.1) is 0 Å². The highest BCUT2D eigenvalue weighted by Crippen LogP contribution is 2.28. The highest BCUT2D eigenvalue weighted by atomic mass is 32.2. The van der Waals surface area contributed by atoms with Gasteiger partial charge in [0, 0.05) is 5.75 Å². The largest absolute Gasteiger partial charge is 0.179 e. The molecule has 0 fully saturated rings. The molecule has 108 valence electrons. The highest BCUT2D eigenvalue weighted by molar-refractivity contribution is 7.98. The van der Waals surface area contributed by atoms with Gasteiger partial charge in [-0.25, -0.2) is 0 Å². The Morgan fingerprint density at radius 2 is 1.79 bits per heavy atom. The first-order valence-electron chi connectivity index (χ1n) is 7.34. The zero-order valence-corrected chi connectivity index (χ0v) is 14.3. The Morgan fingerprint density at radius 1 is 1.11 bits per heavy atom. The molecule has 0 spiro atoms. The van der Waals surface area contributed by atoms with E-state index in [2.05, 4.69) is 69.4 Å². The summed E-state index contributed by atoms with van der Waals surface area (Å²) in [6.07, 6.45) is 5.00. The molecule has 0 saturated heterocycles. The fourth-order valence-corrected chi connectivity index (χ4v) is 3.91. The average Bonchev–Trinajstić information content (AvgIpc) is 2.38. The molecule has 0 nitrogen and oxygen atoms in total. The third kappa shape index (κ3) is 6.76. The predicted molar refractivity (Wildman–Crippen MR) is 93.5 cm³/mol. The van der Waals surface area contributed by atoms with E-state index in [1.165, 1.54) is 36.1 Å². The lowest BCUT2D eigenvalue weighted by molar-refractivity contribution is 0.323. The molecule has 0 amide bonds. The van der Waals surface area contributed by atoms with Gasteiger partial charge in [0.1, 0.15) is 0 Å². The first-order chi connectivity index (χ1) is 9.09. The van der Waals surface area contributed by atoms with Gasteiger partial charge in [0.2, 0.25) is 0 Å². The summed E-state index contributed by atoms with van der Waals surface area (Å²) in [7, 11) is 0. The second kappa shape index (κ2) is 8.97. The quantitative estimate of drug-likeness (QED) is 0.456. The maximum atomic E-state index is 4.34. The third-order valence-corrected chi connectivity index (χ3v) is 5.00. The van der Waals surface area contributed by atoms with Gasteiger partial charge in [-0.3, -0.25) is 0 Å². The van der Waals surface area contributed by atoms with Gasteiger partial charge >= 0.3 is 0 Å². The van der Waals surface area contributed by atoms with E-state index in [1.54, 1.807) is 0 Å². The van der Waals surface area contributed by atoms with Crippen molar-refractivity contribution in [2.24, 2.45) is 5.41 Å². The van der Waals surface area contributed by atoms with Gasteiger partial charge in [0.25, 0.3) is 0 Å². The minimum Gasteiger partial charge on any atom is -0.179 e. The smallest absolute Gasteiger partial charge is 0.0187 e. The van der Waals surface area contributed by atoms with Crippen LogP contribution in [0.5, 0.6) is 0 Å². The van der Waals surface area contributed by atoms with Crippen molar-refractivity contribution < 1.29 is 0 Å². The molecule has 0 heterocycles. The van der Waals surface area contributed by atoms with E-state index >= 15 is 0 Å². The minimum absolute atomic E-state index is 0.462. The molecule has 0 aromatic heterocycles. The molecule has 0 aliphatic rings. The molecule has 2 heteroatoms. The summed E-state index contributed by atoms with van der Waals surface area (Å²) in [6.45, 7) is 6.96. The lowest BCUT2D eigenvalue weighted by Crippen LogP contribution is -2.12. The predicted octanol–water partition coefficient (Wildman–Crippen LogP) is 5.61. The summed E-state index contributed by atoms with van der Waals surface area (Å²) in [5, 5.41) is 0. The standard InChI is InChI=1S/C17H28S2/c1-4-15-8-5-6-9-16(15)14-19-13-7-10-17(2,3)11-12-18/h5-6,8-9,18H,4,7,10-14H2,1-3H3. The first kappa shape index (κ1) is 17.0. The third-order valence-electron chi connectivity index (χ3n) is 3.69. The first-order valence-corrected chi connectivity index (χ1v) is 9.13. The molecule has 0 N–H and O–H groups in total. The van der Waals surface area contributed by atoms with Crippen molar-refractivity contribution in [1.29, 1.82) is 0 Å². The maximum Gasteiger partial charge on any atom is 0.0187 e. The molecule has 0 aliphatic carbocycles. The van der Waals surface area contributed by atoms with Crippen LogP contribution in [0.4, 0.5) is 0 Å². The summed E-state index contributed by atoms with van der Waals surface area (Å²) >= 11 is 6.42. The summed E-state index contributed by atoms with van der Waals surface area (Å²) in [5.41, 5.74) is 3.49. The van der Waals surface area contributed by atoms with Crippen LogP contribution in [0.25, 0.3) is 0 Å². The molecular weight excluding hydrogens is 268 g/mol. The van der Waals surface area contributed by atoms with Crippen LogP contribution in [0.15, 0.2) is 24.3 Å². The van der Waals surface area contributed by atoms with E-state index in [1.807, 2.05) is 0 Å². The Balaban J connectivity index is 2.24. The Labute approximate surface area is 129 Å². The molecule has 0 radical (unpaired) electrons. The maximum absolute atomic E-state index is 4.34. The van der Waals surface area contributed by atoms with Gasteiger partial charge in [-0.05, 0) is 53.7 Å². The molecule has 0 aliphatic heterocycles. The van der Waals surface area contributed by atoms with E-state index in [0.29, 0.717) is 5.41 Å². The molecule has 1 rings (SSSR count). The van der Waals surface area contributed by atoms with Crippen LogP contribution in [0.3, 0.4) is 0 Å². The van der Waals surface area contributed by atoms with E-state index < -0.39 is 0 Å². The summed E-state index contributed by atoms with van der Waals surface area (Å²) in [5.74, 6) is 3.44. The highest BCUT2D eigenvalue weighted by Gasteiger charge is 2.15. The van der Waals surface area contributed by atoms with Crippen molar-refractivity contribution in [3.8, 4) is 0 Å². The monoisotopic (exact) mass is 296 g/mol. The van der Waals surface area contributed by atoms with E-state index in [-0.39, 0.29) is 0 Å². The van der Waals surface area contributed by atoms with E-state index in [0.717, 1.165) is 17.9 Å². The zero-order chi connectivity index (χ0) is 14.1. The number of thiol groups is 1. The van der Waals surface area contributed by atoms with Crippen molar-refractivity contribution >= 4 is 24.4 Å². The van der Waals surface area contributed by atoms with Gasteiger partial charge < -0.3 is 0 Å². The normalized spacial score (nSPS) is 11.8. The molecule has 0 saturated carbocycles. The number of aryl methyl sites for hydroxylation is 1. The topological polar surface area (TPSA) is 0 Å². The van der Waals surface area contributed by atoms with Crippen LogP contribution in [-0.4, -0.2) is 11.5 Å². The average molecular weight is 297 g/mol. The number of rotatable bonds is 9. The van der Waals surface area contributed by atoms with Gasteiger partial charge in [-0.1, -0.05) is 45.0 Å². The summed E-state index contributed by atoms with van der Waals surface area (Å²) < 4.78 is 0. The van der Waals surface area contributed by atoms with E-state index in [9.17, 15) is 0 Å². The molecule has 0 atom stereocenters. The number of hydrogen-bond donors (Lipinski definition) is 1. The van der Waals surface area contributed by atoms with Crippen LogP contribution in [0, 0.1) is 5.41 Å². The van der Waals surface area contributed by atoms with Crippen molar-refractivity contribution in [2.75, 3.05) is 11.5 Å². The Morgan fingerprint density at radius 3 is 2.42 bits per heavy atom. The summed E-state index contributed by atoms with van der Waals surface area (Å²) in [4.78, 5) is 0. The van der Waals surface area contributed by atoms with E-state index in [4.69, 9.17) is 0 Å². The SMILES string of the molecule is CCc1ccccc1CSCCCC(C)(C)CCS. The molecule has 0 bridgehead atoms. The Bertz CT molecular complexity index is 358. The van der Waals surface area contributed by atoms with Crippen LogP contribution in [0.2, 0.25) is 0 Å². The van der Waals surface area contributed by atoms with Gasteiger partial charge in [0.05, 0.1) is 0 Å². The molecule has 1 aromatic rings. The van der Waals surface area contributed by atoms with Crippen molar-refractivity contribution in [3.63, 3.8) is 0 Å². The Kier molecular flexibility index (Phi) is 8.01. The molecule has 1 aromatic carbocycles. The second-order valence-corrected chi connectivity index (χ2v) is 7.47. The number of thioether (sulfide) groups is 1. The molecular formula is C17H28S2. The molecule has 19 heavy (non-hydrogen) atoms. The van der Waals surface area contributed by atoms with Crippen LogP contribution in [0.1, 0.15) is 51.2 Å². The minimum atomic E-state index is 0.462. The second-order valence-electron chi connectivity index (χ2n) is 5.92.